The number of para-hydroxylation sites is 1. The molecule has 0 bridgehead atoms. The Kier molecular flexibility index (Phi) is 6.77. The third-order valence-corrected chi connectivity index (χ3v) is 6.64. The van der Waals surface area contributed by atoms with Gasteiger partial charge in [0, 0.05) is 12.6 Å². The maximum atomic E-state index is 12.9. The Hall–Kier alpha value is -1.21. The van der Waals surface area contributed by atoms with Crippen LogP contribution in [-0.4, -0.2) is 44.4 Å². The molecule has 126 valence electrons. The molecule has 0 spiro atoms. The van der Waals surface area contributed by atoms with Gasteiger partial charge in [0.15, 0.2) is 0 Å². The molecule has 0 saturated carbocycles. The lowest BCUT2D eigenvalue weighted by atomic mass is 10.1. The molecule has 0 aliphatic carbocycles. The van der Waals surface area contributed by atoms with E-state index in [0.29, 0.717) is 11.1 Å². The second-order valence-corrected chi connectivity index (χ2v) is 8.40. The van der Waals surface area contributed by atoms with Gasteiger partial charge in [-0.15, -0.1) is 23.5 Å². The summed E-state index contributed by atoms with van der Waals surface area (Å²) in [5.74, 6) is 1.79. The number of amides is 1. The van der Waals surface area contributed by atoms with Crippen LogP contribution in [0.25, 0.3) is 0 Å². The minimum atomic E-state index is -0.475. The normalized spacial score (nSPS) is 17.7. The highest BCUT2D eigenvalue weighted by molar-refractivity contribution is 8.17. The monoisotopic (exact) mass is 354 g/mol. The fourth-order valence-electron chi connectivity index (χ4n) is 2.89. The average Bonchev–Trinajstić information content (AvgIpc) is 3.03. The van der Waals surface area contributed by atoms with Crippen molar-refractivity contribution in [1.29, 1.82) is 0 Å². The van der Waals surface area contributed by atoms with Gasteiger partial charge in [0.05, 0.1) is 15.5 Å². The minimum absolute atomic E-state index is 0.106. The summed E-state index contributed by atoms with van der Waals surface area (Å²) in [5, 5.41) is 11.2. The molecule has 1 aliphatic rings. The lowest BCUT2D eigenvalue weighted by Crippen LogP contribution is -2.40. The zero-order valence-corrected chi connectivity index (χ0v) is 15.1. The Bertz CT molecular complexity index is 562. The molecule has 0 unspecified atom stereocenters. The van der Waals surface area contributed by atoms with Crippen molar-refractivity contribution in [3.63, 3.8) is 0 Å². The molecule has 0 N–H and O–H groups in total. The van der Waals surface area contributed by atoms with Gasteiger partial charge in [0.25, 0.3) is 11.6 Å². The first-order valence-corrected chi connectivity index (χ1v) is 9.97. The Morgan fingerprint density at radius 2 is 2.00 bits per heavy atom. The summed E-state index contributed by atoms with van der Waals surface area (Å²) in [4.78, 5) is 25.5. The van der Waals surface area contributed by atoms with Crippen LogP contribution >= 0.6 is 23.5 Å². The number of nitro benzene ring substituents is 1. The molecule has 1 fully saturated rings. The lowest BCUT2D eigenvalue weighted by Gasteiger charge is -2.30. The minimum Gasteiger partial charge on any atom is -0.333 e. The molecule has 1 aromatic rings. The van der Waals surface area contributed by atoms with Gasteiger partial charge in [0.2, 0.25) is 0 Å². The third-order valence-electron chi connectivity index (χ3n) is 3.87. The van der Waals surface area contributed by atoms with Crippen LogP contribution in [0.2, 0.25) is 0 Å². The van der Waals surface area contributed by atoms with Gasteiger partial charge in [-0.2, -0.15) is 0 Å². The van der Waals surface area contributed by atoms with Crippen molar-refractivity contribution >= 4 is 35.1 Å². The highest BCUT2D eigenvalue weighted by atomic mass is 32.2. The predicted molar refractivity (Wildman–Crippen MR) is 97.2 cm³/mol. The summed E-state index contributed by atoms with van der Waals surface area (Å²) < 4.78 is 0.333. The first-order valence-electron chi connectivity index (χ1n) is 7.87. The van der Waals surface area contributed by atoms with Crippen LogP contribution in [0, 0.1) is 10.1 Å². The number of carbonyl (C=O) groups excluding carboxylic acids is 1. The van der Waals surface area contributed by atoms with Crippen LogP contribution in [0.15, 0.2) is 24.3 Å². The summed E-state index contributed by atoms with van der Waals surface area (Å²) >= 11 is 3.72. The molecule has 7 heteroatoms. The Morgan fingerprint density at radius 3 is 2.61 bits per heavy atom. The van der Waals surface area contributed by atoms with Crippen LogP contribution < -0.4 is 0 Å². The molecule has 1 amide bonds. The second kappa shape index (κ2) is 8.59. The van der Waals surface area contributed by atoms with E-state index >= 15 is 0 Å². The van der Waals surface area contributed by atoms with Crippen LogP contribution in [0.3, 0.4) is 0 Å². The summed E-state index contributed by atoms with van der Waals surface area (Å²) in [6.07, 6.45) is 1.93. The van der Waals surface area contributed by atoms with Gasteiger partial charge in [-0.1, -0.05) is 26.0 Å². The standard InChI is InChI=1S/C16H22N2O3S2/c1-3-22-16(23-4-2)14-10-7-11-17(14)15(19)12-8-5-6-9-13(12)18(20)21/h5-6,8-9,14,16H,3-4,7,10-11H2,1-2H3/t14-/m0/s1. The van der Waals surface area contributed by atoms with Gasteiger partial charge < -0.3 is 4.90 Å². The summed E-state index contributed by atoms with van der Waals surface area (Å²) in [6, 6.07) is 6.39. The molecule has 1 aromatic carbocycles. The highest BCUT2D eigenvalue weighted by Gasteiger charge is 2.37. The zero-order chi connectivity index (χ0) is 16.8. The maximum Gasteiger partial charge on any atom is 0.282 e. The molecular formula is C16H22N2O3S2. The van der Waals surface area contributed by atoms with Gasteiger partial charge in [-0.25, -0.2) is 0 Å². The maximum absolute atomic E-state index is 12.9. The molecule has 23 heavy (non-hydrogen) atoms. The quantitative estimate of drug-likeness (QED) is 0.420. The molecular weight excluding hydrogens is 332 g/mol. The van der Waals surface area contributed by atoms with Crippen molar-refractivity contribution < 1.29 is 9.72 Å². The van der Waals surface area contributed by atoms with Crippen molar-refractivity contribution in [2.75, 3.05) is 18.1 Å². The molecule has 1 aliphatic heterocycles. The second-order valence-electron chi connectivity index (χ2n) is 5.26. The van der Waals surface area contributed by atoms with E-state index in [1.54, 1.807) is 18.2 Å². The van der Waals surface area contributed by atoms with Crippen molar-refractivity contribution in [3.8, 4) is 0 Å². The van der Waals surface area contributed by atoms with E-state index in [1.807, 2.05) is 28.4 Å². The summed E-state index contributed by atoms with van der Waals surface area (Å²) in [5.41, 5.74) is 0.0946. The number of thioether (sulfide) groups is 2. The first kappa shape index (κ1) is 18.1. The van der Waals surface area contributed by atoms with Crippen molar-refractivity contribution in [2.45, 2.75) is 37.3 Å². The first-order chi connectivity index (χ1) is 11.1. The number of carbonyl (C=O) groups is 1. The van der Waals surface area contributed by atoms with Crippen LogP contribution in [0.4, 0.5) is 5.69 Å². The largest absolute Gasteiger partial charge is 0.333 e. The van der Waals surface area contributed by atoms with Gasteiger partial charge in [0.1, 0.15) is 5.56 Å². The van der Waals surface area contributed by atoms with Crippen LogP contribution in [0.5, 0.6) is 0 Å². The summed E-state index contributed by atoms with van der Waals surface area (Å²) in [6.45, 7) is 4.93. The number of hydrogen-bond donors (Lipinski definition) is 0. The van der Waals surface area contributed by atoms with Crippen molar-refractivity contribution in [2.24, 2.45) is 0 Å². The zero-order valence-electron chi connectivity index (χ0n) is 13.4. The third kappa shape index (κ3) is 4.20. The number of hydrogen-bond acceptors (Lipinski definition) is 5. The topological polar surface area (TPSA) is 63.5 Å². The molecule has 0 radical (unpaired) electrons. The Morgan fingerprint density at radius 1 is 1.35 bits per heavy atom. The van der Waals surface area contributed by atoms with Gasteiger partial charge in [-0.05, 0) is 30.4 Å². The number of benzene rings is 1. The molecule has 2 rings (SSSR count). The molecule has 1 atom stereocenters. The lowest BCUT2D eigenvalue weighted by molar-refractivity contribution is -0.385. The van der Waals surface area contributed by atoms with E-state index in [-0.39, 0.29) is 23.2 Å². The average molecular weight is 354 g/mol. The molecule has 5 nitrogen and oxygen atoms in total. The number of rotatable bonds is 7. The molecule has 1 heterocycles. The smallest absolute Gasteiger partial charge is 0.282 e. The number of nitrogens with zero attached hydrogens (tertiary/aromatic N) is 2. The van der Waals surface area contributed by atoms with Gasteiger partial charge in [-0.3, -0.25) is 14.9 Å². The van der Waals surface area contributed by atoms with E-state index in [4.69, 9.17) is 0 Å². The van der Waals surface area contributed by atoms with Crippen molar-refractivity contribution in [3.05, 3.63) is 39.9 Å². The van der Waals surface area contributed by atoms with E-state index in [0.717, 1.165) is 24.3 Å². The van der Waals surface area contributed by atoms with Crippen molar-refractivity contribution in [1.82, 2.24) is 4.90 Å². The Balaban J connectivity index is 2.25. The number of nitro groups is 1. The highest BCUT2D eigenvalue weighted by Crippen LogP contribution is 2.36. The molecule has 1 saturated heterocycles. The van der Waals surface area contributed by atoms with Gasteiger partial charge >= 0.3 is 0 Å². The van der Waals surface area contributed by atoms with E-state index in [2.05, 4.69) is 13.8 Å². The fourth-order valence-corrected chi connectivity index (χ4v) is 5.76. The van der Waals surface area contributed by atoms with Crippen LogP contribution in [-0.2, 0) is 0 Å². The molecule has 0 aromatic heterocycles. The summed E-state index contributed by atoms with van der Waals surface area (Å²) in [7, 11) is 0. The number of likely N-dealkylation sites (tertiary alicyclic amines) is 1. The van der Waals surface area contributed by atoms with E-state index < -0.39 is 4.92 Å². The SMILES string of the molecule is CCSC(SCC)[C@@H]1CCCN1C(=O)c1ccccc1[N+](=O)[O-]. The fraction of sp³-hybridized carbons (Fsp3) is 0.562. The van der Waals surface area contributed by atoms with Crippen LogP contribution in [0.1, 0.15) is 37.0 Å². The van der Waals surface area contributed by atoms with E-state index in [1.165, 1.54) is 6.07 Å². The van der Waals surface area contributed by atoms with E-state index in [9.17, 15) is 14.9 Å². The Labute approximate surface area is 145 Å². The predicted octanol–water partition coefficient (Wildman–Crippen LogP) is 4.03.